The molecule has 0 unspecified atom stereocenters. The lowest BCUT2D eigenvalue weighted by Gasteiger charge is -2.30. The molecule has 5 heteroatoms. The van der Waals surface area contributed by atoms with Gasteiger partial charge in [-0.1, -0.05) is 142 Å². The molecule has 0 saturated heterocycles. The second-order valence-electron chi connectivity index (χ2n) is 11.4. The van der Waals surface area contributed by atoms with E-state index in [1.165, 1.54) is 172 Å². The molecule has 0 fully saturated rings. The van der Waals surface area contributed by atoms with Gasteiger partial charge in [0, 0.05) is 0 Å². The zero-order valence-corrected chi connectivity index (χ0v) is 24.5. The maximum absolute atomic E-state index is 8.25. The first-order valence-electron chi connectivity index (χ1n) is 15.5. The van der Waals surface area contributed by atoms with Gasteiger partial charge in [0.2, 0.25) is 0 Å². The van der Waals surface area contributed by atoms with Crippen molar-refractivity contribution in [3.8, 4) is 0 Å². The lowest BCUT2D eigenvalue weighted by molar-refractivity contribution is -0.890. The van der Waals surface area contributed by atoms with Crippen molar-refractivity contribution >= 4 is 0 Å². The highest BCUT2D eigenvalue weighted by atomic mass is 16.9. The predicted molar refractivity (Wildman–Crippen MR) is 154 cm³/mol. The molecule has 0 aromatic rings. The largest absolute Gasteiger partial charge is 0.356 e. The molecule has 212 valence electrons. The smallest absolute Gasteiger partial charge is 0.0782 e. The van der Waals surface area contributed by atoms with Gasteiger partial charge in [-0.3, -0.25) is 0 Å². The third-order valence-electron chi connectivity index (χ3n) is 7.23. The summed E-state index contributed by atoms with van der Waals surface area (Å²) in [6.07, 6.45) is 35.0. The molecule has 0 aliphatic heterocycles. The fourth-order valence-electron chi connectivity index (χ4n) is 4.87. The van der Waals surface area contributed by atoms with Crippen molar-refractivity contribution < 1.29 is 9.57 Å². The minimum absolute atomic E-state index is 1.25. The Labute approximate surface area is 220 Å². The minimum Gasteiger partial charge on any atom is -0.356 e. The Bertz CT molecular complexity index is 382. The first-order chi connectivity index (χ1) is 16.9. The van der Waals surface area contributed by atoms with Crippen LogP contribution in [0.1, 0.15) is 168 Å². The number of nitrogens with zero attached hydrogens (tertiary/aromatic N) is 2. The monoisotopic (exact) mass is 500 g/mol. The summed E-state index contributed by atoms with van der Waals surface area (Å²) in [5, 5.41) is 14.8. The Morgan fingerprint density at radius 1 is 0.429 bits per heavy atom. The lowest BCUT2D eigenvalue weighted by atomic mass is 10.0. The summed E-state index contributed by atoms with van der Waals surface area (Å²) in [7, 11) is 4.91. The zero-order valence-electron chi connectivity index (χ0n) is 24.5. The maximum atomic E-state index is 8.25. The van der Waals surface area contributed by atoms with Crippen molar-refractivity contribution in [3.63, 3.8) is 0 Å². The number of rotatable bonds is 26. The van der Waals surface area contributed by atoms with E-state index in [1.807, 2.05) is 0 Å². The van der Waals surface area contributed by atoms with E-state index in [-0.39, 0.29) is 0 Å². The summed E-state index contributed by atoms with van der Waals surface area (Å²) in [5.41, 5.74) is 0. The summed E-state index contributed by atoms with van der Waals surface area (Å²) in [4.78, 5) is 8.25. The molecule has 0 spiro atoms. The summed E-state index contributed by atoms with van der Waals surface area (Å²) in [5.74, 6) is 0. The molecule has 0 rings (SSSR count). The molecule has 0 aromatic heterocycles. The molecule has 0 N–H and O–H groups in total. The van der Waals surface area contributed by atoms with Gasteiger partial charge in [-0.15, -0.1) is 0 Å². The number of quaternary nitrogens is 1. The molecule has 0 atom stereocenters. The van der Waals surface area contributed by atoms with Gasteiger partial charge in [-0.2, -0.15) is 0 Å². The molecular formula is C30H64N2O3. The van der Waals surface area contributed by atoms with Crippen LogP contribution in [0.25, 0.3) is 0 Å². The van der Waals surface area contributed by atoms with E-state index in [1.54, 1.807) is 0 Å². The van der Waals surface area contributed by atoms with Crippen LogP contribution in [-0.2, 0) is 0 Å². The van der Waals surface area contributed by atoms with Gasteiger partial charge in [-0.05, 0) is 25.7 Å². The van der Waals surface area contributed by atoms with Crippen LogP contribution in [0.2, 0.25) is 0 Å². The Morgan fingerprint density at radius 3 is 0.800 bits per heavy atom. The second-order valence-corrected chi connectivity index (χ2v) is 11.4. The van der Waals surface area contributed by atoms with Crippen LogP contribution in [0.3, 0.4) is 0 Å². The Balaban J connectivity index is 0. The molecule has 0 aromatic carbocycles. The maximum Gasteiger partial charge on any atom is 0.0782 e. The van der Waals surface area contributed by atoms with E-state index in [0.29, 0.717) is 0 Å². The van der Waals surface area contributed by atoms with E-state index in [0.717, 1.165) is 0 Å². The number of hydrogen-bond acceptors (Lipinski definition) is 3. The average Bonchev–Trinajstić information content (AvgIpc) is 2.80. The molecule has 0 bridgehead atoms. The highest BCUT2D eigenvalue weighted by molar-refractivity contribution is 4.51. The first kappa shape index (κ1) is 36.3. The standard InChI is InChI=1S/C30H64N.NO3/c1-5-7-9-11-13-15-17-19-21-23-25-27-29-31(3,4)30-28-26-24-22-20-18-16-14-12-10-8-6-2;2-1(3)4/h5-30H2,1-4H3;/q+1;-1. The Kier molecular flexibility index (Phi) is 30.5. The number of unbranched alkanes of at least 4 members (excludes halogenated alkanes) is 22. The van der Waals surface area contributed by atoms with Gasteiger partial charge in [0.05, 0.1) is 32.3 Å². The number of hydrogen-bond donors (Lipinski definition) is 0. The van der Waals surface area contributed by atoms with Crippen LogP contribution in [-0.4, -0.2) is 36.8 Å². The molecule has 0 amide bonds. The van der Waals surface area contributed by atoms with Crippen LogP contribution in [0.15, 0.2) is 0 Å². The van der Waals surface area contributed by atoms with E-state index in [2.05, 4.69) is 27.9 Å². The Hall–Kier alpha value is -0.840. The van der Waals surface area contributed by atoms with E-state index in [4.69, 9.17) is 15.3 Å². The fraction of sp³-hybridized carbons (Fsp3) is 1.00. The van der Waals surface area contributed by atoms with Gasteiger partial charge in [0.25, 0.3) is 0 Å². The van der Waals surface area contributed by atoms with Crippen LogP contribution in [0.5, 0.6) is 0 Å². The van der Waals surface area contributed by atoms with Crippen molar-refractivity contribution in [2.75, 3.05) is 27.2 Å². The van der Waals surface area contributed by atoms with Gasteiger partial charge in [0.15, 0.2) is 0 Å². The molecule has 35 heavy (non-hydrogen) atoms. The topological polar surface area (TPSA) is 66.2 Å². The quantitative estimate of drug-likeness (QED) is 0.0513. The predicted octanol–water partition coefficient (Wildman–Crippen LogP) is 10.2. The lowest BCUT2D eigenvalue weighted by Crippen LogP contribution is -2.41. The highest BCUT2D eigenvalue weighted by Crippen LogP contribution is 2.15. The molecule has 0 radical (unpaired) electrons. The van der Waals surface area contributed by atoms with Crippen LogP contribution in [0.4, 0.5) is 0 Å². The van der Waals surface area contributed by atoms with E-state index < -0.39 is 5.09 Å². The minimum atomic E-state index is -1.75. The first-order valence-corrected chi connectivity index (χ1v) is 15.5. The van der Waals surface area contributed by atoms with Crippen molar-refractivity contribution in [2.45, 2.75) is 168 Å². The van der Waals surface area contributed by atoms with Gasteiger partial charge in [0.1, 0.15) is 0 Å². The van der Waals surface area contributed by atoms with Gasteiger partial charge < -0.3 is 19.8 Å². The molecule has 0 aliphatic carbocycles. The van der Waals surface area contributed by atoms with E-state index in [9.17, 15) is 0 Å². The van der Waals surface area contributed by atoms with Gasteiger partial charge >= 0.3 is 0 Å². The third kappa shape index (κ3) is 37.9. The summed E-state index contributed by atoms with van der Waals surface area (Å²) >= 11 is 0. The molecule has 0 aliphatic rings. The third-order valence-corrected chi connectivity index (χ3v) is 7.23. The fourth-order valence-corrected chi connectivity index (χ4v) is 4.87. The zero-order chi connectivity index (χ0) is 26.5. The normalized spacial score (nSPS) is 11.3. The molecule has 5 nitrogen and oxygen atoms in total. The van der Waals surface area contributed by atoms with Gasteiger partial charge in [-0.25, -0.2) is 0 Å². The second kappa shape index (κ2) is 29.4. The molecule has 0 saturated carbocycles. The molecule has 0 heterocycles. The Morgan fingerprint density at radius 2 is 0.600 bits per heavy atom. The van der Waals surface area contributed by atoms with Crippen molar-refractivity contribution in [3.05, 3.63) is 15.3 Å². The van der Waals surface area contributed by atoms with Crippen LogP contribution in [0, 0.1) is 15.3 Å². The average molecular weight is 501 g/mol. The van der Waals surface area contributed by atoms with Crippen molar-refractivity contribution in [2.24, 2.45) is 0 Å². The van der Waals surface area contributed by atoms with Crippen LogP contribution < -0.4 is 0 Å². The van der Waals surface area contributed by atoms with E-state index >= 15 is 0 Å². The summed E-state index contributed by atoms with van der Waals surface area (Å²) in [6, 6.07) is 0. The van der Waals surface area contributed by atoms with Crippen LogP contribution >= 0.6 is 0 Å². The van der Waals surface area contributed by atoms with Crippen molar-refractivity contribution in [1.82, 2.24) is 0 Å². The summed E-state index contributed by atoms with van der Waals surface area (Å²) in [6.45, 7) is 7.38. The summed E-state index contributed by atoms with van der Waals surface area (Å²) < 4.78 is 1.25. The highest BCUT2D eigenvalue weighted by Gasteiger charge is 2.13. The SMILES string of the molecule is CCCCCCCCCCCCCC[N+](C)(C)CCCCCCCCCCCCCC.O=[N+]([O-])[O-]. The van der Waals surface area contributed by atoms with Crippen molar-refractivity contribution in [1.29, 1.82) is 0 Å². The molecular weight excluding hydrogens is 436 g/mol.